The van der Waals surface area contributed by atoms with Gasteiger partial charge in [-0.05, 0) is 80.6 Å². The Hall–Kier alpha value is -3.85. The van der Waals surface area contributed by atoms with Crippen molar-refractivity contribution in [1.82, 2.24) is 10.2 Å². The van der Waals surface area contributed by atoms with Gasteiger partial charge < -0.3 is 15.0 Å². The summed E-state index contributed by atoms with van der Waals surface area (Å²) in [4.78, 5) is 29.2. The van der Waals surface area contributed by atoms with Gasteiger partial charge in [0.2, 0.25) is 11.8 Å². The Morgan fingerprint density at radius 2 is 1.61 bits per heavy atom. The Labute approximate surface area is 244 Å². The van der Waals surface area contributed by atoms with E-state index < -0.39 is 28.5 Å². The van der Waals surface area contributed by atoms with E-state index in [1.807, 2.05) is 58.9 Å². The van der Waals surface area contributed by atoms with Gasteiger partial charge in [-0.15, -0.1) is 0 Å². The fourth-order valence-corrected chi connectivity index (χ4v) is 6.06. The zero-order valence-corrected chi connectivity index (χ0v) is 25.6. The van der Waals surface area contributed by atoms with Crippen LogP contribution in [0.15, 0.2) is 77.7 Å². The number of sulfonamides is 1. The smallest absolute Gasteiger partial charge is 0.264 e. The van der Waals surface area contributed by atoms with Gasteiger partial charge in [-0.2, -0.15) is 0 Å². The van der Waals surface area contributed by atoms with Crippen molar-refractivity contribution in [3.8, 4) is 5.75 Å². The lowest BCUT2D eigenvalue weighted by atomic mass is 10.1. The van der Waals surface area contributed by atoms with Gasteiger partial charge >= 0.3 is 0 Å². The number of aryl methyl sites for hydroxylation is 1. The number of carbonyl (C=O) groups excluding carboxylic acids is 2. The van der Waals surface area contributed by atoms with Crippen LogP contribution in [-0.4, -0.2) is 50.9 Å². The minimum absolute atomic E-state index is 0.0739. The van der Waals surface area contributed by atoms with Crippen LogP contribution in [0, 0.1) is 13.8 Å². The minimum atomic E-state index is -4.12. The summed E-state index contributed by atoms with van der Waals surface area (Å²) in [5, 5.41) is 2.99. The summed E-state index contributed by atoms with van der Waals surface area (Å²) in [6, 6.07) is 19.9. The van der Waals surface area contributed by atoms with Crippen molar-refractivity contribution in [3.05, 3.63) is 89.5 Å². The standard InChI is InChI=1S/C32H41N3O5S/c1-7-24(4)33-32(37)29(8-2)34(21-26-15-13-16-27(20-26)40-6)31(36)22-35(30-19-12-14-23(3)25(30)5)41(38,39)28-17-10-9-11-18-28/h9-20,24,29H,7-8,21-22H2,1-6H3,(H,33,37)/t24-,29-/m0/s1. The number of rotatable bonds is 13. The summed E-state index contributed by atoms with van der Waals surface area (Å²) in [7, 11) is -2.55. The number of hydrogen-bond acceptors (Lipinski definition) is 5. The zero-order valence-electron chi connectivity index (χ0n) is 24.8. The predicted octanol–water partition coefficient (Wildman–Crippen LogP) is 5.23. The van der Waals surface area contributed by atoms with Crippen LogP contribution in [0.3, 0.4) is 0 Å². The number of ether oxygens (including phenoxy) is 1. The van der Waals surface area contributed by atoms with Crippen molar-refractivity contribution in [2.75, 3.05) is 18.0 Å². The summed E-state index contributed by atoms with van der Waals surface area (Å²) in [6.45, 7) is 9.10. The van der Waals surface area contributed by atoms with Crippen molar-refractivity contribution >= 4 is 27.5 Å². The molecule has 0 aromatic heterocycles. The number of nitrogens with one attached hydrogen (secondary N) is 1. The first-order valence-corrected chi connectivity index (χ1v) is 15.3. The number of nitrogens with zero attached hydrogens (tertiary/aromatic N) is 2. The number of amides is 2. The highest BCUT2D eigenvalue weighted by atomic mass is 32.2. The summed E-state index contributed by atoms with van der Waals surface area (Å²) in [5.74, 6) is -0.141. The monoisotopic (exact) mass is 579 g/mol. The third kappa shape index (κ3) is 7.67. The van der Waals surface area contributed by atoms with E-state index in [0.717, 1.165) is 27.4 Å². The molecule has 3 aromatic rings. The molecule has 41 heavy (non-hydrogen) atoms. The normalized spacial score (nSPS) is 12.7. The maximum atomic E-state index is 14.2. The molecule has 0 aliphatic heterocycles. The van der Waals surface area contributed by atoms with Crippen LogP contribution in [0.5, 0.6) is 5.75 Å². The van der Waals surface area contributed by atoms with E-state index >= 15 is 0 Å². The minimum Gasteiger partial charge on any atom is -0.497 e. The molecule has 220 valence electrons. The lowest BCUT2D eigenvalue weighted by Gasteiger charge is -2.34. The Bertz CT molecular complexity index is 1440. The van der Waals surface area contributed by atoms with Crippen molar-refractivity contribution in [2.24, 2.45) is 0 Å². The largest absolute Gasteiger partial charge is 0.497 e. The molecular weight excluding hydrogens is 538 g/mol. The van der Waals surface area contributed by atoms with Crippen LogP contribution in [-0.2, 0) is 26.2 Å². The summed E-state index contributed by atoms with van der Waals surface area (Å²) < 4.78 is 34.6. The van der Waals surface area contributed by atoms with E-state index in [1.165, 1.54) is 17.0 Å². The Kier molecular flexibility index (Phi) is 10.9. The van der Waals surface area contributed by atoms with E-state index in [-0.39, 0.29) is 23.4 Å². The molecule has 0 aliphatic carbocycles. The highest BCUT2D eigenvalue weighted by Crippen LogP contribution is 2.29. The SMILES string of the molecule is CC[C@H](C)NC(=O)[C@H](CC)N(Cc1cccc(OC)c1)C(=O)CN(c1cccc(C)c1C)S(=O)(=O)c1ccccc1. The zero-order chi connectivity index (χ0) is 30.2. The second-order valence-corrected chi connectivity index (χ2v) is 12.0. The van der Waals surface area contributed by atoms with Gasteiger partial charge in [0.1, 0.15) is 18.3 Å². The molecular formula is C32H41N3O5S. The van der Waals surface area contributed by atoms with Crippen LogP contribution in [0.4, 0.5) is 5.69 Å². The third-order valence-corrected chi connectivity index (χ3v) is 9.10. The molecule has 1 N–H and O–H groups in total. The van der Waals surface area contributed by atoms with Gasteiger partial charge in [0.05, 0.1) is 17.7 Å². The molecule has 0 spiro atoms. The lowest BCUT2D eigenvalue weighted by molar-refractivity contribution is -0.140. The molecule has 3 rings (SSSR count). The fraction of sp³-hybridized carbons (Fsp3) is 0.375. The molecule has 0 fully saturated rings. The van der Waals surface area contributed by atoms with Gasteiger partial charge in [0.25, 0.3) is 10.0 Å². The molecule has 3 aromatic carbocycles. The highest BCUT2D eigenvalue weighted by Gasteiger charge is 2.34. The maximum Gasteiger partial charge on any atom is 0.264 e. The highest BCUT2D eigenvalue weighted by molar-refractivity contribution is 7.92. The number of anilines is 1. The van der Waals surface area contributed by atoms with Crippen LogP contribution < -0.4 is 14.4 Å². The lowest BCUT2D eigenvalue weighted by Crippen LogP contribution is -2.53. The van der Waals surface area contributed by atoms with Crippen molar-refractivity contribution in [1.29, 1.82) is 0 Å². The molecule has 0 saturated heterocycles. The third-order valence-electron chi connectivity index (χ3n) is 7.33. The number of carbonyl (C=O) groups is 2. The van der Waals surface area contributed by atoms with E-state index in [0.29, 0.717) is 17.9 Å². The molecule has 8 nitrogen and oxygen atoms in total. The van der Waals surface area contributed by atoms with Gasteiger partial charge in [-0.3, -0.25) is 13.9 Å². The van der Waals surface area contributed by atoms with Crippen LogP contribution in [0.2, 0.25) is 0 Å². The fourth-order valence-electron chi connectivity index (χ4n) is 4.57. The van der Waals surface area contributed by atoms with E-state index in [9.17, 15) is 18.0 Å². The Morgan fingerprint density at radius 1 is 0.927 bits per heavy atom. The second kappa shape index (κ2) is 14.2. The molecule has 0 radical (unpaired) electrons. The summed E-state index contributed by atoms with van der Waals surface area (Å²) in [5.41, 5.74) is 2.83. The van der Waals surface area contributed by atoms with E-state index in [2.05, 4.69) is 5.32 Å². The van der Waals surface area contributed by atoms with Gasteiger partial charge in [0, 0.05) is 12.6 Å². The van der Waals surface area contributed by atoms with E-state index in [4.69, 9.17) is 4.74 Å². The average Bonchev–Trinajstić information content (AvgIpc) is 2.97. The van der Waals surface area contributed by atoms with Gasteiger partial charge in [-0.25, -0.2) is 8.42 Å². The topological polar surface area (TPSA) is 96.0 Å². The first-order chi connectivity index (χ1) is 19.5. The molecule has 0 unspecified atom stereocenters. The van der Waals surface area contributed by atoms with Crippen molar-refractivity contribution in [2.45, 2.75) is 71.0 Å². The number of hydrogen-bond donors (Lipinski definition) is 1. The molecule has 0 aliphatic rings. The molecule has 2 atom stereocenters. The summed E-state index contributed by atoms with van der Waals surface area (Å²) in [6.07, 6.45) is 1.09. The first kappa shape index (κ1) is 31.7. The van der Waals surface area contributed by atoms with Crippen molar-refractivity contribution < 1.29 is 22.7 Å². The quantitative estimate of drug-likeness (QED) is 0.299. The molecule has 2 amide bonds. The average molecular weight is 580 g/mol. The number of benzene rings is 3. The Balaban J connectivity index is 2.10. The Morgan fingerprint density at radius 3 is 2.24 bits per heavy atom. The molecule has 0 heterocycles. The van der Waals surface area contributed by atoms with Gasteiger partial charge in [0.15, 0.2) is 0 Å². The summed E-state index contributed by atoms with van der Waals surface area (Å²) >= 11 is 0. The predicted molar refractivity (Wildman–Crippen MR) is 162 cm³/mol. The second-order valence-electron chi connectivity index (χ2n) is 10.2. The maximum absolute atomic E-state index is 14.2. The molecule has 0 bridgehead atoms. The number of methoxy groups -OCH3 is 1. The molecule has 9 heteroatoms. The van der Waals surface area contributed by atoms with Crippen molar-refractivity contribution in [3.63, 3.8) is 0 Å². The van der Waals surface area contributed by atoms with E-state index in [1.54, 1.807) is 43.5 Å². The van der Waals surface area contributed by atoms with Gasteiger partial charge in [-0.1, -0.05) is 56.3 Å². The molecule has 0 saturated carbocycles. The first-order valence-electron chi connectivity index (χ1n) is 13.9. The van der Waals surface area contributed by atoms with Crippen LogP contribution >= 0.6 is 0 Å². The van der Waals surface area contributed by atoms with Crippen LogP contribution in [0.1, 0.15) is 50.3 Å². The van der Waals surface area contributed by atoms with Crippen LogP contribution in [0.25, 0.3) is 0 Å².